The number of aromatic nitrogens is 1. The largest absolute Gasteiger partial charge is 0.461 e. The average Bonchev–Trinajstić information content (AvgIpc) is 2.36. The number of pyridine rings is 1. The number of ether oxygens (including phenoxy) is 2. The molecular formula is C14H20N2O3S. The van der Waals surface area contributed by atoms with Crippen molar-refractivity contribution < 1.29 is 14.3 Å². The second-order valence-corrected chi connectivity index (χ2v) is 6.34. The number of amides is 1. The quantitative estimate of drug-likeness (QED) is 0.843. The van der Waals surface area contributed by atoms with Crippen molar-refractivity contribution in [3.05, 3.63) is 23.0 Å². The fourth-order valence-corrected chi connectivity index (χ4v) is 2.93. The van der Waals surface area contributed by atoms with Gasteiger partial charge in [0.25, 0.3) is 0 Å². The lowest BCUT2D eigenvalue weighted by atomic mass is 10.1. The second kappa shape index (κ2) is 6.01. The number of hydrogen-bond donors (Lipinski definition) is 1. The van der Waals surface area contributed by atoms with Gasteiger partial charge in [0.2, 0.25) is 11.7 Å². The Kier molecular flexibility index (Phi) is 4.55. The summed E-state index contributed by atoms with van der Waals surface area (Å²) in [5.41, 5.74) is 8.16. The van der Waals surface area contributed by atoms with Crippen LogP contribution in [0.4, 0.5) is 0 Å². The van der Waals surface area contributed by atoms with Crippen molar-refractivity contribution in [3.8, 4) is 5.75 Å². The number of thioether (sulfide) groups is 1. The zero-order valence-electron chi connectivity index (χ0n) is 12.1. The van der Waals surface area contributed by atoms with Gasteiger partial charge in [-0.3, -0.25) is 9.78 Å². The van der Waals surface area contributed by atoms with Crippen LogP contribution in [0.1, 0.15) is 37.1 Å². The normalized spacial score (nSPS) is 16.4. The number of carbonyl (C=O) groups excluding carboxylic acids is 1. The van der Waals surface area contributed by atoms with E-state index in [9.17, 15) is 4.79 Å². The molecule has 0 bridgehead atoms. The minimum atomic E-state index is -0.614. The lowest BCUT2D eigenvalue weighted by Gasteiger charge is -2.34. The summed E-state index contributed by atoms with van der Waals surface area (Å²) < 4.78 is 11.6. The first-order valence-corrected chi connectivity index (χ1v) is 7.71. The second-order valence-electron chi connectivity index (χ2n) is 5.24. The van der Waals surface area contributed by atoms with Crippen LogP contribution in [0.3, 0.4) is 0 Å². The summed E-state index contributed by atoms with van der Waals surface area (Å²) in [4.78, 5) is 15.1. The predicted octanol–water partition coefficient (Wildman–Crippen LogP) is 2.14. The van der Waals surface area contributed by atoms with Crippen LogP contribution in [0.2, 0.25) is 0 Å². The Bertz CT molecular complexity index is 517. The van der Waals surface area contributed by atoms with E-state index in [0.717, 1.165) is 28.3 Å². The maximum absolute atomic E-state index is 10.7. The van der Waals surface area contributed by atoms with Gasteiger partial charge < -0.3 is 15.2 Å². The number of fused-ring (bicyclic) bond motifs is 1. The average molecular weight is 296 g/mol. The lowest BCUT2D eigenvalue weighted by molar-refractivity contribution is -0.180. The summed E-state index contributed by atoms with van der Waals surface area (Å²) >= 11 is 1.66. The van der Waals surface area contributed by atoms with Crippen molar-refractivity contribution in [1.29, 1.82) is 0 Å². The van der Waals surface area contributed by atoms with E-state index in [0.29, 0.717) is 18.8 Å². The molecule has 0 spiro atoms. The Balaban J connectivity index is 2.10. The first-order valence-electron chi connectivity index (χ1n) is 6.55. The molecule has 0 fully saturated rings. The molecular weight excluding hydrogens is 276 g/mol. The molecule has 2 heterocycles. The molecule has 2 rings (SSSR count). The maximum Gasteiger partial charge on any atom is 0.218 e. The first kappa shape index (κ1) is 15.1. The molecule has 0 aliphatic carbocycles. The maximum atomic E-state index is 10.7. The third-order valence-corrected chi connectivity index (χ3v) is 4.07. The Hall–Kier alpha value is -1.27. The Morgan fingerprint density at radius 1 is 1.55 bits per heavy atom. The molecule has 0 atom stereocenters. The van der Waals surface area contributed by atoms with Crippen molar-refractivity contribution in [2.45, 2.75) is 45.3 Å². The molecule has 1 aliphatic rings. The highest BCUT2D eigenvalue weighted by Gasteiger charge is 2.30. The highest BCUT2D eigenvalue weighted by Crippen LogP contribution is 2.36. The molecule has 1 aromatic rings. The molecule has 1 amide bonds. The predicted molar refractivity (Wildman–Crippen MR) is 78.4 cm³/mol. The Labute approximate surface area is 123 Å². The van der Waals surface area contributed by atoms with Crippen LogP contribution in [0.5, 0.6) is 5.75 Å². The smallest absolute Gasteiger partial charge is 0.218 e. The van der Waals surface area contributed by atoms with Crippen LogP contribution in [-0.2, 0) is 21.9 Å². The summed E-state index contributed by atoms with van der Waals surface area (Å²) in [5.74, 6) is 1.43. The number of nitrogens with two attached hydrogens (primary N) is 1. The number of hydrogen-bond acceptors (Lipinski definition) is 5. The molecule has 0 saturated heterocycles. The van der Waals surface area contributed by atoms with E-state index in [1.807, 2.05) is 27.0 Å². The number of aryl methyl sites for hydroxylation is 1. The molecule has 2 N–H and O–H groups in total. The Morgan fingerprint density at radius 2 is 2.30 bits per heavy atom. The van der Waals surface area contributed by atoms with E-state index in [1.165, 1.54) is 0 Å². The van der Waals surface area contributed by atoms with Gasteiger partial charge in [0.1, 0.15) is 5.75 Å². The van der Waals surface area contributed by atoms with Gasteiger partial charge in [0.15, 0.2) is 0 Å². The molecule has 0 unspecified atom stereocenters. The van der Waals surface area contributed by atoms with Gasteiger partial charge in [-0.15, -0.1) is 0 Å². The standard InChI is InChI=1S/C14H20N2O3S/c1-9-13-11(7-18-14(2,3)19-13)10(6-16-9)8-20-5-4-12(15)17/h6H,4-5,7-8H2,1-3H3,(H2,15,17). The van der Waals surface area contributed by atoms with Gasteiger partial charge in [-0.25, -0.2) is 0 Å². The monoisotopic (exact) mass is 296 g/mol. The summed E-state index contributed by atoms with van der Waals surface area (Å²) in [5, 5.41) is 0. The molecule has 5 nitrogen and oxygen atoms in total. The molecule has 1 aromatic heterocycles. The van der Waals surface area contributed by atoms with Gasteiger partial charge in [-0.2, -0.15) is 11.8 Å². The van der Waals surface area contributed by atoms with Gasteiger partial charge in [-0.05, 0) is 12.5 Å². The van der Waals surface area contributed by atoms with Crippen LogP contribution < -0.4 is 10.5 Å². The van der Waals surface area contributed by atoms with Crippen LogP contribution in [0, 0.1) is 6.92 Å². The molecule has 110 valence electrons. The first-order chi connectivity index (χ1) is 9.39. The van der Waals surface area contributed by atoms with Crippen molar-refractivity contribution in [2.24, 2.45) is 5.73 Å². The number of rotatable bonds is 5. The van der Waals surface area contributed by atoms with Crippen LogP contribution in [0.25, 0.3) is 0 Å². The molecule has 0 saturated carbocycles. The van der Waals surface area contributed by atoms with E-state index >= 15 is 0 Å². The topological polar surface area (TPSA) is 74.4 Å². The molecule has 0 aromatic carbocycles. The molecule has 6 heteroatoms. The van der Waals surface area contributed by atoms with Crippen molar-refractivity contribution in [1.82, 2.24) is 4.98 Å². The van der Waals surface area contributed by atoms with Crippen LogP contribution in [-0.4, -0.2) is 22.4 Å². The summed E-state index contributed by atoms with van der Waals surface area (Å²) in [6.45, 7) is 6.25. The third kappa shape index (κ3) is 3.64. The summed E-state index contributed by atoms with van der Waals surface area (Å²) in [6.07, 6.45) is 2.25. The summed E-state index contributed by atoms with van der Waals surface area (Å²) in [7, 11) is 0. The number of nitrogens with zero attached hydrogens (tertiary/aromatic N) is 1. The molecule has 1 aliphatic heterocycles. The van der Waals surface area contributed by atoms with Gasteiger partial charge in [0.05, 0.1) is 12.3 Å². The van der Waals surface area contributed by atoms with Gasteiger partial charge in [0, 0.05) is 43.5 Å². The van der Waals surface area contributed by atoms with E-state index in [1.54, 1.807) is 11.8 Å². The highest BCUT2D eigenvalue weighted by atomic mass is 32.2. The van der Waals surface area contributed by atoms with Crippen molar-refractivity contribution in [2.75, 3.05) is 5.75 Å². The number of primary amides is 1. The fraction of sp³-hybridized carbons (Fsp3) is 0.571. The zero-order valence-corrected chi connectivity index (χ0v) is 12.9. The van der Waals surface area contributed by atoms with E-state index in [-0.39, 0.29) is 5.91 Å². The summed E-state index contributed by atoms with van der Waals surface area (Å²) in [6, 6.07) is 0. The van der Waals surface area contributed by atoms with E-state index in [2.05, 4.69) is 4.98 Å². The Morgan fingerprint density at radius 3 is 3.00 bits per heavy atom. The third-order valence-electron chi connectivity index (χ3n) is 3.07. The van der Waals surface area contributed by atoms with E-state index in [4.69, 9.17) is 15.2 Å². The zero-order chi connectivity index (χ0) is 14.8. The molecule has 20 heavy (non-hydrogen) atoms. The minimum absolute atomic E-state index is 0.269. The van der Waals surface area contributed by atoms with Gasteiger partial charge >= 0.3 is 0 Å². The molecule has 0 radical (unpaired) electrons. The highest BCUT2D eigenvalue weighted by molar-refractivity contribution is 7.98. The van der Waals surface area contributed by atoms with Crippen molar-refractivity contribution >= 4 is 17.7 Å². The van der Waals surface area contributed by atoms with E-state index < -0.39 is 5.79 Å². The number of carbonyl (C=O) groups is 1. The fourth-order valence-electron chi connectivity index (χ4n) is 1.97. The van der Waals surface area contributed by atoms with Crippen molar-refractivity contribution in [3.63, 3.8) is 0 Å². The van der Waals surface area contributed by atoms with Crippen LogP contribution in [0.15, 0.2) is 6.20 Å². The van der Waals surface area contributed by atoms with Gasteiger partial charge in [-0.1, -0.05) is 0 Å². The SMILES string of the molecule is Cc1ncc(CSCCC(N)=O)c2c1OC(C)(C)OC2. The minimum Gasteiger partial charge on any atom is -0.461 e. The van der Waals surface area contributed by atoms with Crippen LogP contribution >= 0.6 is 11.8 Å². The lowest BCUT2D eigenvalue weighted by Crippen LogP contribution is -2.36.